The summed E-state index contributed by atoms with van der Waals surface area (Å²) in [4.78, 5) is 0. The van der Waals surface area contributed by atoms with Crippen LogP contribution < -0.4 is 5.32 Å². The number of rotatable bonds is 6. The summed E-state index contributed by atoms with van der Waals surface area (Å²) in [6.45, 7) is 10.1. The third-order valence-electron chi connectivity index (χ3n) is 2.68. The summed E-state index contributed by atoms with van der Waals surface area (Å²) in [6, 6.07) is 0.399. The minimum atomic E-state index is -2.99. The SMILES string of the molecule is CC(C)C(CI)NCCS(=O)(=O)C(C)(C)C. The van der Waals surface area contributed by atoms with Gasteiger partial charge in [-0.05, 0) is 26.7 Å². The predicted molar refractivity (Wildman–Crippen MR) is 79.1 cm³/mol. The van der Waals surface area contributed by atoms with E-state index >= 15 is 0 Å². The fraction of sp³-hybridized carbons (Fsp3) is 1.00. The highest BCUT2D eigenvalue weighted by atomic mass is 127. The maximum Gasteiger partial charge on any atom is 0.156 e. The molecular formula is C11H24INO2S. The molecule has 1 unspecified atom stereocenters. The fourth-order valence-corrected chi connectivity index (χ4v) is 3.48. The van der Waals surface area contributed by atoms with Crippen LogP contribution in [0.25, 0.3) is 0 Å². The zero-order valence-electron chi connectivity index (χ0n) is 10.9. The molecule has 0 saturated heterocycles. The Morgan fingerprint density at radius 3 is 2.06 bits per heavy atom. The van der Waals surface area contributed by atoms with E-state index in [1.165, 1.54) is 0 Å². The number of nitrogens with one attached hydrogen (secondary N) is 1. The lowest BCUT2D eigenvalue weighted by atomic mass is 10.1. The Bertz CT molecular complexity index is 294. The summed E-state index contributed by atoms with van der Waals surface area (Å²) in [7, 11) is -2.99. The van der Waals surface area contributed by atoms with Crippen molar-refractivity contribution in [2.75, 3.05) is 16.7 Å². The Morgan fingerprint density at radius 1 is 1.25 bits per heavy atom. The Morgan fingerprint density at radius 2 is 1.75 bits per heavy atom. The minimum absolute atomic E-state index is 0.219. The van der Waals surface area contributed by atoms with E-state index in [2.05, 4.69) is 41.8 Å². The number of alkyl halides is 1. The van der Waals surface area contributed by atoms with Crippen molar-refractivity contribution in [1.29, 1.82) is 0 Å². The van der Waals surface area contributed by atoms with Crippen LogP contribution in [0.4, 0.5) is 0 Å². The quantitative estimate of drug-likeness (QED) is 0.583. The zero-order valence-corrected chi connectivity index (χ0v) is 13.9. The summed E-state index contributed by atoms with van der Waals surface area (Å²) < 4.78 is 24.1. The molecule has 5 heteroatoms. The lowest BCUT2D eigenvalue weighted by Gasteiger charge is -2.23. The third-order valence-corrected chi connectivity index (χ3v) is 6.24. The van der Waals surface area contributed by atoms with Crippen LogP contribution in [-0.4, -0.2) is 35.9 Å². The van der Waals surface area contributed by atoms with Crippen LogP contribution in [0.1, 0.15) is 34.6 Å². The van der Waals surface area contributed by atoms with Crippen molar-refractivity contribution in [2.24, 2.45) is 5.92 Å². The molecular weight excluding hydrogens is 337 g/mol. The van der Waals surface area contributed by atoms with Crippen LogP contribution in [-0.2, 0) is 9.84 Å². The van der Waals surface area contributed by atoms with E-state index in [-0.39, 0.29) is 5.75 Å². The van der Waals surface area contributed by atoms with Gasteiger partial charge in [0, 0.05) is 17.0 Å². The number of halogens is 1. The Balaban J connectivity index is 4.18. The van der Waals surface area contributed by atoms with Crippen LogP contribution in [0.5, 0.6) is 0 Å². The third kappa shape index (κ3) is 5.31. The summed E-state index contributed by atoms with van der Waals surface area (Å²) in [5.74, 6) is 0.755. The smallest absolute Gasteiger partial charge is 0.156 e. The highest BCUT2D eigenvalue weighted by Crippen LogP contribution is 2.15. The van der Waals surface area contributed by atoms with Crippen LogP contribution in [0.3, 0.4) is 0 Å². The number of hydrogen-bond acceptors (Lipinski definition) is 3. The Labute approximate surface area is 114 Å². The molecule has 0 spiro atoms. The number of hydrogen-bond donors (Lipinski definition) is 1. The van der Waals surface area contributed by atoms with Gasteiger partial charge in [0.25, 0.3) is 0 Å². The minimum Gasteiger partial charge on any atom is -0.312 e. The van der Waals surface area contributed by atoms with Crippen molar-refractivity contribution >= 4 is 32.4 Å². The van der Waals surface area contributed by atoms with E-state index in [9.17, 15) is 8.42 Å². The maximum absolute atomic E-state index is 11.8. The zero-order chi connectivity index (χ0) is 13.0. The van der Waals surface area contributed by atoms with Crippen molar-refractivity contribution in [2.45, 2.75) is 45.4 Å². The van der Waals surface area contributed by atoms with Gasteiger partial charge in [-0.15, -0.1) is 0 Å². The summed E-state index contributed by atoms with van der Waals surface area (Å²) in [5.41, 5.74) is 0. The van der Waals surface area contributed by atoms with E-state index in [4.69, 9.17) is 0 Å². The maximum atomic E-state index is 11.8. The first kappa shape index (κ1) is 16.6. The molecule has 98 valence electrons. The van der Waals surface area contributed by atoms with Crippen LogP contribution in [0.15, 0.2) is 0 Å². The molecule has 1 atom stereocenters. The predicted octanol–water partition coefficient (Wildman–Crippen LogP) is 2.25. The van der Waals surface area contributed by atoms with Crippen LogP contribution in [0, 0.1) is 5.92 Å². The van der Waals surface area contributed by atoms with Crippen LogP contribution in [0.2, 0.25) is 0 Å². The first-order valence-corrected chi connectivity index (χ1v) is 8.81. The largest absolute Gasteiger partial charge is 0.312 e. The highest BCUT2D eigenvalue weighted by molar-refractivity contribution is 14.1. The highest BCUT2D eigenvalue weighted by Gasteiger charge is 2.28. The van der Waals surface area contributed by atoms with Gasteiger partial charge < -0.3 is 5.32 Å². The van der Waals surface area contributed by atoms with Crippen molar-refractivity contribution in [1.82, 2.24) is 5.32 Å². The van der Waals surface area contributed by atoms with Gasteiger partial charge in [-0.2, -0.15) is 0 Å². The van der Waals surface area contributed by atoms with Gasteiger partial charge >= 0.3 is 0 Å². The molecule has 0 aliphatic rings. The molecule has 0 heterocycles. The van der Waals surface area contributed by atoms with E-state index in [0.717, 1.165) is 4.43 Å². The lowest BCUT2D eigenvalue weighted by molar-refractivity contribution is 0.446. The Kier molecular flexibility index (Phi) is 6.80. The van der Waals surface area contributed by atoms with Crippen molar-refractivity contribution in [3.8, 4) is 0 Å². The average Bonchev–Trinajstić information content (AvgIpc) is 2.09. The van der Waals surface area contributed by atoms with Crippen molar-refractivity contribution in [3.05, 3.63) is 0 Å². The fourth-order valence-electron chi connectivity index (χ4n) is 1.15. The van der Waals surface area contributed by atoms with E-state index < -0.39 is 14.6 Å². The molecule has 3 nitrogen and oxygen atoms in total. The van der Waals surface area contributed by atoms with Crippen molar-refractivity contribution in [3.63, 3.8) is 0 Å². The van der Waals surface area contributed by atoms with E-state index in [1.807, 2.05) is 0 Å². The molecule has 0 amide bonds. The molecule has 0 bridgehead atoms. The second-order valence-corrected chi connectivity index (χ2v) is 9.13. The first-order chi connectivity index (χ1) is 7.12. The van der Waals surface area contributed by atoms with E-state index in [0.29, 0.717) is 18.5 Å². The van der Waals surface area contributed by atoms with Gasteiger partial charge in [-0.25, -0.2) is 8.42 Å². The van der Waals surface area contributed by atoms with Gasteiger partial charge in [0.2, 0.25) is 0 Å². The molecule has 0 rings (SSSR count). The molecule has 0 radical (unpaired) electrons. The average molecular weight is 361 g/mol. The molecule has 1 N–H and O–H groups in total. The van der Waals surface area contributed by atoms with Gasteiger partial charge in [0.1, 0.15) is 0 Å². The second-order valence-electron chi connectivity index (χ2n) is 5.39. The topological polar surface area (TPSA) is 46.2 Å². The second kappa shape index (κ2) is 6.54. The molecule has 0 aromatic heterocycles. The molecule has 0 saturated carbocycles. The molecule has 0 aromatic rings. The monoisotopic (exact) mass is 361 g/mol. The molecule has 0 fully saturated rings. The van der Waals surface area contributed by atoms with Crippen LogP contribution >= 0.6 is 22.6 Å². The molecule has 0 aliphatic heterocycles. The van der Waals surface area contributed by atoms with Crippen molar-refractivity contribution < 1.29 is 8.42 Å². The number of sulfone groups is 1. The van der Waals surface area contributed by atoms with Gasteiger partial charge in [0.15, 0.2) is 9.84 Å². The van der Waals surface area contributed by atoms with Gasteiger partial charge in [0.05, 0.1) is 10.5 Å². The molecule has 16 heavy (non-hydrogen) atoms. The van der Waals surface area contributed by atoms with Gasteiger partial charge in [-0.1, -0.05) is 36.4 Å². The van der Waals surface area contributed by atoms with Gasteiger partial charge in [-0.3, -0.25) is 0 Å². The summed E-state index contributed by atoms with van der Waals surface area (Å²) >= 11 is 2.33. The molecule has 0 aliphatic carbocycles. The standard InChI is InChI=1S/C11H24INO2S/c1-9(2)10(8-12)13-6-7-16(14,15)11(3,4)5/h9-10,13H,6-8H2,1-5H3. The Hall–Kier alpha value is 0.640. The molecule has 0 aromatic carbocycles. The van der Waals surface area contributed by atoms with E-state index in [1.54, 1.807) is 20.8 Å². The normalized spacial score (nSPS) is 15.4. The summed E-state index contributed by atoms with van der Waals surface area (Å²) in [5, 5.41) is 3.31. The summed E-state index contributed by atoms with van der Waals surface area (Å²) in [6.07, 6.45) is 0. The first-order valence-electron chi connectivity index (χ1n) is 5.63. The lowest BCUT2D eigenvalue weighted by Crippen LogP contribution is -2.41.